The van der Waals surface area contributed by atoms with Gasteiger partial charge in [0.2, 0.25) is 0 Å². The van der Waals surface area contributed by atoms with Crippen molar-refractivity contribution in [2.75, 3.05) is 19.6 Å². The maximum Gasteiger partial charge on any atom is 0.389 e. The van der Waals surface area contributed by atoms with Crippen LogP contribution in [0.4, 0.5) is 13.2 Å². The quantitative estimate of drug-likeness (QED) is 0.279. The summed E-state index contributed by atoms with van der Waals surface area (Å²) < 4.78 is 36.1. The largest absolute Gasteiger partial charge is 0.389 e. The van der Waals surface area contributed by atoms with Crippen LogP contribution >= 0.6 is 24.0 Å². The molecule has 23 heavy (non-hydrogen) atoms. The van der Waals surface area contributed by atoms with E-state index in [-0.39, 0.29) is 30.4 Å². The summed E-state index contributed by atoms with van der Waals surface area (Å²) in [6.45, 7) is 3.71. The molecule has 4 nitrogen and oxygen atoms in total. The number of hydrogen-bond donors (Lipinski definition) is 2. The lowest BCUT2D eigenvalue weighted by molar-refractivity contribution is -0.135. The molecule has 0 amide bonds. The van der Waals surface area contributed by atoms with Crippen LogP contribution in [0.1, 0.15) is 31.9 Å². The molecule has 1 aromatic heterocycles. The van der Waals surface area contributed by atoms with Crippen LogP contribution in [0.25, 0.3) is 0 Å². The van der Waals surface area contributed by atoms with E-state index in [1.807, 2.05) is 25.1 Å². The number of pyridine rings is 1. The van der Waals surface area contributed by atoms with Crippen LogP contribution in [0, 0.1) is 0 Å². The highest BCUT2D eigenvalue weighted by molar-refractivity contribution is 14.0. The lowest BCUT2D eigenvalue weighted by Gasteiger charge is -2.11. The van der Waals surface area contributed by atoms with Crippen LogP contribution in [-0.2, 0) is 6.42 Å². The minimum Gasteiger partial charge on any atom is -0.357 e. The van der Waals surface area contributed by atoms with Crippen LogP contribution in [0.5, 0.6) is 0 Å². The van der Waals surface area contributed by atoms with Gasteiger partial charge in [-0.2, -0.15) is 13.2 Å². The van der Waals surface area contributed by atoms with Crippen LogP contribution in [0.2, 0.25) is 0 Å². The molecule has 1 rings (SSSR count). The summed E-state index contributed by atoms with van der Waals surface area (Å²) in [6, 6.07) is 5.74. The van der Waals surface area contributed by atoms with E-state index < -0.39 is 12.6 Å². The van der Waals surface area contributed by atoms with Gasteiger partial charge in [0.1, 0.15) is 0 Å². The molecular formula is C15H24F3IN4. The maximum atomic E-state index is 12.0. The standard InChI is InChI=1S/C15H23F3N4.HI/c1-2-19-14(21-11-6-4-9-15(16,17)18)22-12-8-13-7-3-5-10-20-13;/h3,5,7,10H,2,4,6,8-9,11-12H2,1H3,(H2,19,21,22);1H. The molecule has 8 heteroatoms. The second kappa shape index (κ2) is 12.4. The van der Waals surface area contributed by atoms with Gasteiger partial charge in [-0.1, -0.05) is 6.07 Å². The van der Waals surface area contributed by atoms with Gasteiger partial charge in [-0.15, -0.1) is 24.0 Å². The first-order chi connectivity index (χ1) is 10.5. The highest BCUT2D eigenvalue weighted by atomic mass is 127. The molecule has 1 heterocycles. The molecule has 0 atom stereocenters. The Hall–Kier alpha value is -1.06. The van der Waals surface area contributed by atoms with Gasteiger partial charge >= 0.3 is 6.18 Å². The van der Waals surface area contributed by atoms with E-state index in [4.69, 9.17) is 0 Å². The number of alkyl halides is 3. The average Bonchev–Trinajstić information content (AvgIpc) is 2.47. The Labute approximate surface area is 152 Å². The minimum absolute atomic E-state index is 0. The zero-order valence-corrected chi connectivity index (χ0v) is 15.5. The second-order valence-electron chi connectivity index (χ2n) is 4.83. The van der Waals surface area contributed by atoms with Crippen molar-refractivity contribution in [3.8, 4) is 0 Å². The normalized spacial score (nSPS) is 11.7. The molecule has 0 saturated heterocycles. The van der Waals surface area contributed by atoms with E-state index >= 15 is 0 Å². The Bertz CT molecular complexity index is 438. The maximum absolute atomic E-state index is 12.0. The van der Waals surface area contributed by atoms with E-state index in [0.29, 0.717) is 32.0 Å². The van der Waals surface area contributed by atoms with E-state index in [2.05, 4.69) is 20.6 Å². The molecule has 0 aliphatic rings. The van der Waals surface area contributed by atoms with Crippen molar-refractivity contribution in [1.82, 2.24) is 15.6 Å². The first-order valence-electron chi connectivity index (χ1n) is 7.50. The van der Waals surface area contributed by atoms with E-state index in [1.165, 1.54) is 0 Å². The van der Waals surface area contributed by atoms with Gasteiger partial charge < -0.3 is 10.6 Å². The van der Waals surface area contributed by atoms with Crippen LogP contribution in [0.3, 0.4) is 0 Å². The van der Waals surface area contributed by atoms with Crippen LogP contribution in [-0.4, -0.2) is 36.8 Å². The monoisotopic (exact) mass is 444 g/mol. The number of guanidine groups is 1. The molecule has 1 aromatic rings. The number of nitrogens with one attached hydrogen (secondary N) is 2. The zero-order chi connectivity index (χ0) is 16.3. The van der Waals surface area contributed by atoms with Crippen LogP contribution in [0.15, 0.2) is 29.4 Å². The number of aromatic nitrogens is 1. The van der Waals surface area contributed by atoms with Crippen molar-refractivity contribution in [2.24, 2.45) is 4.99 Å². The molecule has 0 aliphatic carbocycles. The van der Waals surface area contributed by atoms with Gasteiger partial charge in [0.15, 0.2) is 5.96 Å². The average molecular weight is 444 g/mol. The van der Waals surface area contributed by atoms with Crippen molar-refractivity contribution >= 4 is 29.9 Å². The predicted octanol–water partition coefficient (Wildman–Crippen LogP) is 3.53. The molecular weight excluding hydrogens is 420 g/mol. The molecule has 0 aromatic carbocycles. The molecule has 0 bridgehead atoms. The fourth-order valence-corrected chi connectivity index (χ4v) is 1.82. The smallest absolute Gasteiger partial charge is 0.357 e. The summed E-state index contributed by atoms with van der Waals surface area (Å²) in [7, 11) is 0. The third-order valence-electron chi connectivity index (χ3n) is 2.88. The number of halogens is 4. The molecule has 0 spiro atoms. The summed E-state index contributed by atoms with van der Waals surface area (Å²) in [5, 5.41) is 6.23. The van der Waals surface area contributed by atoms with Gasteiger partial charge in [0.25, 0.3) is 0 Å². The minimum atomic E-state index is -4.07. The number of unbranched alkanes of at least 4 members (excludes halogenated alkanes) is 1. The topological polar surface area (TPSA) is 49.3 Å². The summed E-state index contributed by atoms with van der Waals surface area (Å²) in [4.78, 5) is 8.50. The lowest BCUT2D eigenvalue weighted by atomic mass is 10.2. The zero-order valence-electron chi connectivity index (χ0n) is 13.2. The molecule has 0 radical (unpaired) electrons. The van der Waals surface area contributed by atoms with Crippen LogP contribution < -0.4 is 10.6 Å². The SMILES string of the molecule is CCNC(=NCCCCC(F)(F)F)NCCc1ccccn1.I. The summed E-state index contributed by atoms with van der Waals surface area (Å²) >= 11 is 0. The summed E-state index contributed by atoms with van der Waals surface area (Å²) in [6.07, 6.45) is -1.77. The Balaban J connectivity index is 0.00000484. The fraction of sp³-hybridized carbons (Fsp3) is 0.600. The number of hydrogen-bond acceptors (Lipinski definition) is 2. The predicted molar refractivity (Wildman–Crippen MR) is 97.2 cm³/mol. The molecule has 0 saturated carbocycles. The Kier molecular flexibility index (Phi) is 11.8. The Morgan fingerprint density at radius 3 is 2.61 bits per heavy atom. The van der Waals surface area contributed by atoms with Gasteiger partial charge in [-0.05, 0) is 31.9 Å². The van der Waals surface area contributed by atoms with Crippen molar-refractivity contribution < 1.29 is 13.2 Å². The highest BCUT2D eigenvalue weighted by Crippen LogP contribution is 2.21. The molecule has 132 valence electrons. The van der Waals surface area contributed by atoms with Crippen molar-refractivity contribution in [3.63, 3.8) is 0 Å². The van der Waals surface area contributed by atoms with Gasteiger partial charge in [0, 0.05) is 44.4 Å². The van der Waals surface area contributed by atoms with Crippen molar-refractivity contribution in [2.45, 2.75) is 38.8 Å². The van der Waals surface area contributed by atoms with E-state index in [0.717, 1.165) is 12.1 Å². The molecule has 0 unspecified atom stereocenters. The number of rotatable bonds is 8. The lowest BCUT2D eigenvalue weighted by Crippen LogP contribution is -2.38. The van der Waals surface area contributed by atoms with Crippen molar-refractivity contribution in [1.29, 1.82) is 0 Å². The van der Waals surface area contributed by atoms with E-state index in [1.54, 1.807) is 6.20 Å². The van der Waals surface area contributed by atoms with E-state index in [9.17, 15) is 13.2 Å². The van der Waals surface area contributed by atoms with Gasteiger partial charge in [0.05, 0.1) is 0 Å². The Morgan fingerprint density at radius 1 is 1.22 bits per heavy atom. The highest BCUT2D eigenvalue weighted by Gasteiger charge is 2.25. The first-order valence-corrected chi connectivity index (χ1v) is 7.50. The molecule has 2 N–H and O–H groups in total. The number of nitrogens with zero attached hydrogens (tertiary/aromatic N) is 2. The second-order valence-corrected chi connectivity index (χ2v) is 4.83. The third-order valence-corrected chi connectivity index (χ3v) is 2.88. The first kappa shape index (κ1) is 21.9. The summed E-state index contributed by atoms with van der Waals surface area (Å²) in [5.41, 5.74) is 0.982. The van der Waals surface area contributed by atoms with Crippen molar-refractivity contribution in [3.05, 3.63) is 30.1 Å². The third kappa shape index (κ3) is 12.1. The van der Waals surface area contributed by atoms with Gasteiger partial charge in [-0.3, -0.25) is 9.98 Å². The summed E-state index contributed by atoms with van der Waals surface area (Å²) in [5.74, 6) is 0.630. The number of aliphatic imine (C=N–C) groups is 1. The molecule has 0 fully saturated rings. The Morgan fingerprint density at radius 2 is 2.00 bits per heavy atom. The molecule has 0 aliphatic heterocycles. The fourth-order valence-electron chi connectivity index (χ4n) is 1.82. The van der Waals surface area contributed by atoms with Gasteiger partial charge in [-0.25, -0.2) is 0 Å².